The van der Waals surface area contributed by atoms with E-state index in [-0.39, 0.29) is 6.10 Å². The number of hydrogen-bond donors (Lipinski definition) is 0. The van der Waals surface area contributed by atoms with Gasteiger partial charge in [0.1, 0.15) is 17.7 Å². The van der Waals surface area contributed by atoms with Crippen molar-refractivity contribution in [3.05, 3.63) is 52.9 Å². The first-order valence-electron chi connectivity index (χ1n) is 7.63. The van der Waals surface area contributed by atoms with Crippen LogP contribution in [0.3, 0.4) is 0 Å². The molecule has 0 saturated carbocycles. The summed E-state index contributed by atoms with van der Waals surface area (Å²) in [6, 6.07) is 10.1. The first-order valence-corrected chi connectivity index (χ1v) is 8.40. The van der Waals surface area contributed by atoms with Crippen molar-refractivity contribution in [1.29, 1.82) is 0 Å². The van der Waals surface area contributed by atoms with Crippen LogP contribution in [0, 0.1) is 6.92 Å². The van der Waals surface area contributed by atoms with Gasteiger partial charge in [0.05, 0.1) is 6.10 Å². The Balaban J connectivity index is 1.62. The Morgan fingerprint density at radius 1 is 1.33 bits per heavy atom. The Hall–Kier alpha value is -2.54. The molecule has 6 nitrogen and oxygen atoms in total. The normalized spacial score (nSPS) is 12.1. The molecule has 0 aliphatic carbocycles. The third-order valence-corrected chi connectivity index (χ3v) is 4.23. The van der Waals surface area contributed by atoms with Crippen molar-refractivity contribution in [3.8, 4) is 11.4 Å². The fourth-order valence-corrected chi connectivity index (χ4v) is 2.83. The summed E-state index contributed by atoms with van der Waals surface area (Å²) in [5.74, 6) is 0.0785. The maximum Gasteiger partial charge on any atom is 0.352 e. The van der Waals surface area contributed by atoms with Gasteiger partial charge in [0.2, 0.25) is 0 Å². The first kappa shape index (κ1) is 16.3. The summed E-state index contributed by atoms with van der Waals surface area (Å²) in [5, 5.41) is 3.97. The zero-order valence-corrected chi connectivity index (χ0v) is 14.2. The van der Waals surface area contributed by atoms with Crippen LogP contribution in [0.15, 0.2) is 41.0 Å². The minimum Gasteiger partial charge on any atom is -0.458 e. The number of esters is 1. The topological polar surface area (TPSA) is 78.1 Å². The second-order valence-corrected chi connectivity index (χ2v) is 6.20. The van der Waals surface area contributed by atoms with E-state index >= 15 is 0 Å². The fraction of sp³-hybridized carbons (Fsp3) is 0.294. The van der Waals surface area contributed by atoms with E-state index in [9.17, 15) is 4.79 Å². The maximum absolute atomic E-state index is 12.4. The number of oxazole rings is 1. The van der Waals surface area contributed by atoms with E-state index in [0.717, 1.165) is 24.4 Å². The molecule has 3 aromatic rings. The number of benzene rings is 1. The molecule has 2 heterocycles. The number of rotatable bonds is 6. The van der Waals surface area contributed by atoms with E-state index in [1.54, 1.807) is 6.92 Å². The lowest BCUT2D eigenvalue weighted by atomic mass is 10.1. The molecule has 7 heteroatoms. The number of nitrogens with zero attached hydrogens (tertiary/aromatic N) is 3. The van der Waals surface area contributed by atoms with Gasteiger partial charge in [-0.2, -0.15) is 0 Å². The van der Waals surface area contributed by atoms with E-state index in [0.29, 0.717) is 22.2 Å². The molecule has 0 unspecified atom stereocenters. The average Bonchev–Trinajstić information content (AvgIpc) is 3.22. The number of aromatic nitrogens is 3. The van der Waals surface area contributed by atoms with Gasteiger partial charge in [-0.25, -0.2) is 9.78 Å². The van der Waals surface area contributed by atoms with Crippen molar-refractivity contribution in [1.82, 2.24) is 14.6 Å². The average molecular weight is 343 g/mol. The minimum absolute atomic E-state index is 0.202. The third kappa shape index (κ3) is 3.86. The molecule has 124 valence electrons. The molecular weight excluding hydrogens is 326 g/mol. The van der Waals surface area contributed by atoms with Crippen LogP contribution in [0.1, 0.15) is 34.5 Å². The molecule has 0 spiro atoms. The van der Waals surface area contributed by atoms with Crippen LogP contribution in [0.2, 0.25) is 0 Å². The molecule has 0 saturated heterocycles. The van der Waals surface area contributed by atoms with Crippen LogP contribution in [-0.2, 0) is 11.2 Å². The van der Waals surface area contributed by atoms with Gasteiger partial charge in [-0.3, -0.25) is 0 Å². The molecule has 0 aliphatic heterocycles. The van der Waals surface area contributed by atoms with Crippen LogP contribution in [0.5, 0.6) is 0 Å². The van der Waals surface area contributed by atoms with Crippen molar-refractivity contribution >= 4 is 17.5 Å². The van der Waals surface area contributed by atoms with Crippen LogP contribution >= 0.6 is 11.5 Å². The molecule has 0 bridgehead atoms. The van der Waals surface area contributed by atoms with Gasteiger partial charge in [0.15, 0.2) is 10.8 Å². The van der Waals surface area contributed by atoms with Crippen molar-refractivity contribution < 1.29 is 13.9 Å². The van der Waals surface area contributed by atoms with Gasteiger partial charge in [-0.15, -0.1) is 5.10 Å². The van der Waals surface area contributed by atoms with E-state index in [2.05, 4.69) is 26.7 Å². The third-order valence-electron chi connectivity index (χ3n) is 3.53. The lowest BCUT2D eigenvalue weighted by Gasteiger charge is -2.12. The van der Waals surface area contributed by atoms with E-state index in [1.165, 1.54) is 11.8 Å². The zero-order chi connectivity index (χ0) is 16.9. The molecule has 1 atom stereocenters. The number of carbonyl (C=O) groups excluding carboxylic acids is 1. The molecule has 3 rings (SSSR count). The summed E-state index contributed by atoms with van der Waals surface area (Å²) in [4.78, 5) is 16.9. The highest BCUT2D eigenvalue weighted by Gasteiger charge is 2.23. The highest BCUT2D eigenvalue weighted by molar-refractivity contribution is 7.08. The van der Waals surface area contributed by atoms with Gasteiger partial charge in [-0.1, -0.05) is 34.8 Å². The summed E-state index contributed by atoms with van der Waals surface area (Å²) in [6.45, 7) is 3.61. The number of hydrogen-bond acceptors (Lipinski definition) is 7. The second-order valence-electron chi connectivity index (χ2n) is 5.44. The Bertz CT molecular complexity index is 813. The quantitative estimate of drug-likeness (QED) is 0.635. The SMILES string of the molecule is Cc1nc(-c2nnsc2C(=O)O[C@H](C)CCc2ccccc2)co1. The molecular formula is C17H17N3O3S. The molecule has 0 radical (unpaired) electrons. The van der Waals surface area contributed by atoms with E-state index in [4.69, 9.17) is 9.15 Å². The van der Waals surface area contributed by atoms with Crippen LogP contribution < -0.4 is 0 Å². The number of carbonyl (C=O) groups is 1. The number of ether oxygens (including phenoxy) is 1. The smallest absolute Gasteiger partial charge is 0.352 e. The standard InChI is InChI=1S/C17H17N3O3S/c1-11(8-9-13-6-4-3-5-7-13)23-17(21)16-15(19-20-24-16)14-10-22-12(2)18-14/h3-7,10-11H,8-9H2,1-2H3/t11-/m1/s1. The predicted molar refractivity (Wildman–Crippen MR) is 89.8 cm³/mol. The Kier molecular flexibility index (Phi) is 5.00. The fourth-order valence-electron chi connectivity index (χ4n) is 2.27. The monoisotopic (exact) mass is 343 g/mol. The molecule has 24 heavy (non-hydrogen) atoms. The van der Waals surface area contributed by atoms with Gasteiger partial charge < -0.3 is 9.15 Å². The van der Waals surface area contributed by atoms with Crippen molar-refractivity contribution in [2.45, 2.75) is 32.8 Å². The Morgan fingerprint density at radius 3 is 2.83 bits per heavy atom. The highest BCUT2D eigenvalue weighted by atomic mass is 32.1. The Morgan fingerprint density at radius 2 is 2.12 bits per heavy atom. The molecule has 0 amide bonds. The van der Waals surface area contributed by atoms with Crippen molar-refractivity contribution in [2.75, 3.05) is 0 Å². The molecule has 0 N–H and O–H groups in total. The summed E-state index contributed by atoms with van der Waals surface area (Å²) in [7, 11) is 0. The molecule has 0 fully saturated rings. The lowest BCUT2D eigenvalue weighted by Crippen LogP contribution is -2.15. The predicted octanol–water partition coefficient (Wildman–Crippen LogP) is 3.68. The van der Waals surface area contributed by atoms with Crippen molar-refractivity contribution in [3.63, 3.8) is 0 Å². The van der Waals surface area contributed by atoms with Gasteiger partial charge in [-0.05, 0) is 36.9 Å². The summed E-state index contributed by atoms with van der Waals surface area (Å²) in [6.07, 6.45) is 2.86. The van der Waals surface area contributed by atoms with Gasteiger partial charge in [0.25, 0.3) is 0 Å². The van der Waals surface area contributed by atoms with Crippen molar-refractivity contribution in [2.24, 2.45) is 0 Å². The van der Waals surface area contributed by atoms with Crippen LogP contribution in [0.4, 0.5) is 0 Å². The Labute approximate surface area is 143 Å². The van der Waals surface area contributed by atoms with Gasteiger partial charge >= 0.3 is 5.97 Å². The molecule has 1 aromatic carbocycles. The van der Waals surface area contributed by atoms with E-state index in [1.807, 2.05) is 25.1 Å². The zero-order valence-electron chi connectivity index (χ0n) is 13.4. The van der Waals surface area contributed by atoms with Gasteiger partial charge in [0, 0.05) is 6.92 Å². The van der Waals surface area contributed by atoms with Crippen LogP contribution in [0.25, 0.3) is 11.4 Å². The minimum atomic E-state index is -0.429. The summed E-state index contributed by atoms with van der Waals surface area (Å²) >= 11 is 1.00. The highest BCUT2D eigenvalue weighted by Crippen LogP contribution is 2.24. The van der Waals surface area contributed by atoms with Crippen LogP contribution in [-0.4, -0.2) is 26.6 Å². The summed E-state index contributed by atoms with van der Waals surface area (Å²) < 4.78 is 14.5. The maximum atomic E-state index is 12.4. The summed E-state index contributed by atoms with van der Waals surface area (Å²) in [5.41, 5.74) is 2.11. The second kappa shape index (κ2) is 7.35. The number of aryl methyl sites for hydroxylation is 2. The van der Waals surface area contributed by atoms with E-state index < -0.39 is 5.97 Å². The molecule has 0 aliphatic rings. The largest absolute Gasteiger partial charge is 0.458 e. The molecule has 2 aromatic heterocycles. The lowest BCUT2D eigenvalue weighted by molar-refractivity contribution is 0.0332. The first-order chi connectivity index (χ1) is 11.6.